The lowest BCUT2D eigenvalue weighted by atomic mass is 10.1. The fourth-order valence-corrected chi connectivity index (χ4v) is 6.04. The van der Waals surface area contributed by atoms with Crippen molar-refractivity contribution in [3.05, 3.63) is 29.3 Å². The normalized spacial score (nSPS) is 22.4. The summed E-state index contributed by atoms with van der Waals surface area (Å²) in [5.74, 6) is -0.0721. The molecule has 10 nitrogen and oxygen atoms in total. The first kappa shape index (κ1) is 25.4. The first-order valence-electron chi connectivity index (χ1n) is 11.4. The van der Waals surface area contributed by atoms with Crippen molar-refractivity contribution in [2.24, 2.45) is 0 Å². The standard InChI is InChI=1S/C22H34N4O6S/c1-17-7-8-20-19(15-17)22(28)24-9-13-25(11-4-6-21(27)23-10-14-32-20)33(29,30)26-12-3-5-18(26)16-31-2/h7-8,15,18H,3-6,9-14,16H2,1-2H3,(H,23,27)(H,24,28). The predicted octanol–water partition coefficient (Wildman–Crippen LogP) is 0.671. The number of aryl methyl sites for hydroxylation is 1. The fraction of sp³-hybridized carbons (Fsp3) is 0.636. The molecule has 184 valence electrons. The quantitative estimate of drug-likeness (QED) is 0.652. The molecule has 2 N–H and O–H groups in total. The van der Waals surface area contributed by atoms with Gasteiger partial charge in [0, 0.05) is 45.8 Å². The number of ether oxygens (including phenoxy) is 2. The average molecular weight is 483 g/mol. The van der Waals surface area contributed by atoms with E-state index in [0.717, 1.165) is 18.4 Å². The monoisotopic (exact) mass is 482 g/mol. The number of rotatable bonds is 4. The fourth-order valence-electron chi connectivity index (χ4n) is 4.16. The van der Waals surface area contributed by atoms with Crippen LogP contribution < -0.4 is 15.4 Å². The Labute approximate surface area is 195 Å². The summed E-state index contributed by atoms with van der Waals surface area (Å²) in [4.78, 5) is 25.0. The van der Waals surface area contributed by atoms with Crippen molar-refractivity contribution in [2.75, 3.05) is 53.0 Å². The molecule has 2 heterocycles. The van der Waals surface area contributed by atoms with Gasteiger partial charge >= 0.3 is 0 Å². The Morgan fingerprint density at radius 1 is 1.12 bits per heavy atom. The third-order valence-corrected chi connectivity index (χ3v) is 7.92. The van der Waals surface area contributed by atoms with Gasteiger partial charge in [-0.25, -0.2) is 0 Å². The van der Waals surface area contributed by atoms with E-state index in [1.807, 2.05) is 13.0 Å². The molecule has 1 unspecified atom stereocenters. The zero-order valence-corrected chi connectivity index (χ0v) is 20.2. The number of carbonyl (C=O) groups excluding carboxylic acids is 2. The maximum Gasteiger partial charge on any atom is 0.282 e. The van der Waals surface area contributed by atoms with Crippen molar-refractivity contribution in [3.63, 3.8) is 0 Å². The molecule has 0 bridgehead atoms. The van der Waals surface area contributed by atoms with Crippen LogP contribution in [0.2, 0.25) is 0 Å². The summed E-state index contributed by atoms with van der Waals surface area (Å²) in [5, 5.41) is 5.60. The minimum atomic E-state index is -3.77. The summed E-state index contributed by atoms with van der Waals surface area (Å²) in [7, 11) is -2.21. The topological polar surface area (TPSA) is 117 Å². The molecular weight excluding hydrogens is 448 g/mol. The Hall–Kier alpha value is -2.21. The number of methoxy groups -OCH3 is 1. The first-order chi connectivity index (χ1) is 15.8. The molecule has 1 saturated heterocycles. The molecule has 1 atom stereocenters. The zero-order valence-electron chi connectivity index (χ0n) is 19.3. The molecule has 11 heteroatoms. The lowest BCUT2D eigenvalue weighted by molar-refractivity contribution is -0.121. The van der Waals surface area contributed by atoms with Gasteiger partial charge in [0.25, 0.3) is 16.1 Å². The highest BCUT2D eigenvalue weighted by Gasteiger charge is 2.37. The van der Waals surface area contributed by atoms with Crippen molar-refractivity contribution >= 4 is 22.0 Å². The second-order valence-corrected chi connectivity index (χ2v) is 10.2. The van der Waals surface area contributed by atoms with E-state index in [1.165, 1.54) is 8.61 Å². The lowest BCUT2D eigenvalue weighted by Crippen LogP contribution is -2.49. The highest BCUT2D eigenvalue weighted by atomic mass is 32.2. The van der Waals surface area contributed by atoms with E-state index in [1.54, 1.807) is 19.2 Å². The van der Waals surface area contributed by atoms with Gasteiger partial charge in [-0.05, 0) is 38.3 Å². The third kappa shape index (κ3) is 6.66. The van der Waals surface area contributed by atoms with Crippen molar-refractivity contribution < 1.29 is 27.5 Å². The molecule has 1 aromatic rings. The van der Waals surface area contributed by atoms with Gasteiger partial charge in [0.05, 0.1) is 18.7 Å². The summed E-state index contributed by atoms with van der Waals surface area (Å²) >= 11 is 0. The van der Waals surface area contributed by atoms with Crippen molar-refractivity contribution in [1.29, 1.82) is 0 Å². The molecule has 0 aliphatic carbocycles. The molecular formula is C22H34N4O6S. The predicted molar refractivity (Wildman–Crippen MR) is 123 cm³/mol. The van der Waals surface area contributed by atoms with Gasteiger partial charge in [0.2, 0.25) is 5.91 Å². The third-order valence-electron chi connectivity index (χ3n) is 5.82. The van der Waals surface area contributed by atoms with Gasteiger partial charge in [-0.2, -0.15) is 17.0 Å². The second-order valence-electron chi connectivity index (χ2n) is 8.33. The molecule has 2 aliphatic rings. The summed E-state index contributed by atoms with van der Waals surface area (Å²) in [6.07, 6.45) is 2.10. The van der Waals surface area contributed by atoms with Crippen LogP contribution in [0.15, 0.2) is 18.2 Å². The number of hydrogen-bond acceptors (Lipinski definition) is 6. The van der Waals surface area contributed by atoms with Gasteiger partial charge in [-0.1, -0.05) is 11.6 Å². The molecule has 0 aromatic heterocycles. The van der Waals surface area contributed by atoms with E-state index in [4.69, 9.17) is 9.47 Å². The second kappa shape index (κ2) is 11.8. The van der Waals surface area contributed by atoms with Crippen molar-refractivity contribution in [1.82, 2.24) is 19.2 Å². The highest BCUT2D eigenvalue weighted by molar-refractivity contribution is 7.86. The van der Waals surface area contributed by atoms with Gasteiger partial charge < -0.3 is 20.1 Å². The van der Waals surface area contributed by atoms with Crippen molar-refractivity contribution in [3.8, 4) is 5.75 Å². The Balaban J connectivity index is 1.79. The van der Waals surface area contributed by atoms with Crippen LogP contribution in [0.1, 0.15) is 41.6 Å². The molecule has 3 rings (SSSR count). The number of fused-ring (bicyclic) bond motifs is 1. The summed E-state index contributed by atoms with van der Waals surface area (Å²) in [6, 6.07) is 5.10. The zero-order chi connectivity index (χ0) is 23.8. The summed E-state index contributed by atoms with van der Waals surface area (Å²) < 4.78 is 40.6. The average Bonchev–Trinajstić information content (AvgIpc) is 3.25. The molecule has 0 saturated carbocycles. The van der Waals surface area contributed by atoms with Crippen LogP contribution in [-0.4, -0.2) is 87.9 Å². The Kier molecular flexibility index (Phi) is 9.07. The minimum Gasteiger partial charge on any atom is -0.491 e. The van der Waals surface area contributed by atoms with E-state index in [2.05, 4.69) is 10.6 Å². The lowest BCUT2D eigenvalue weighted by Gasteiger charge is -2.31. The number of amides is 2. The largest absolute Gasteiger partial charge is 0.491 e. The van der Waals surface area contributed by atoms with Crippen LogP contribution in [0, 0.1) is 6.92 Å². The van der Waals surface area contributed by atoms with E-state index in [-0.39, 0.29) is 50.5 Å². The molecule has 2 amide bonds. The van der Waals surface area contributed by atoms with Gasteiger partial charge in [-0.15, -0.1) is 0 Å². The van der Waals surface area contributed by atoms with Crippen LogP contribution in [0.3, 0.4) is 0 Å². The SMILES string of the molecule is COCC1CCCN1S(=O)(=O)N1CCCC(=O)NCCOc2ccc(C)cc2C(=O)NCC1. The van der Waals surface area contributed by atoms with Gasteiger partial charge in [-0.3, -0.25) is 9.59 Å². The number of carbonyl (C=O) groups is 2. The molecule has 2 aliphatic heterocycles. The Morgan fingerprint density at radius 2 is 1.94 bits per heavy atom. The first-order valence-corrected chi connectivity index (χ1v) is 12.8. The maximum absolute atomic E-state index is 13.4. The summed E-state index contributed by atoms with van der Waals surface area (Å²) in [5.41, 5.74) is 1.28. The van der Waals surface area contributed by atoms with Crippen LogP contribution in [0.25, 0.3) is 0 Å². The van der Waals surface area contributed by atoms with Crippen LogP contribution in [-0.2, 0) is 19.7 Å². The number of benzene rings is 1. The van der Waals surface area contributed by atoms with Gasteiger partial charge in [0.1, 0.15) is 12.4 Å². The van der Waals surface area contributed by atoms with Crippen molar-refractivity contribution in [2.45, 2.75) is 38.6 Å². The van der Waals surface area contributed by atoms with Gasteiger partial charge in [0.15, 0.2) is 0 Å². The molecule has 1 fully saturated rings. The Bertz CT molecular complexity index is 939. The van der Waals surface area contributed by atoms with E-state index >= 15 is 0 Å². The van der Waals surface area contributed by atoms with E-state index < -0.39 is 10.2 Å². The number of nitrogens with zero attached hydrogens (tertiary/aromatic N) is 2. The molecule has 1 aromatic carbocycles. The van der Waals surface area contributed by atoms with Crippen LogP contribution >= 0.6 is 0 Å². The molecule has 0 spiro atoms. The minimum absolute atomic E-state index is 0.105. The number of nitrogens with one attached hydrogen (secondary N) is 2. The smallest absolute Gasteiger partial charge is 0.282 e. The Morgan fingerprint density at radius 3 is 2.73 bits per heavy atom. The maximum atomic E-state index is 13.4. The van der Waals surface area contributed by atoms with Crippen LogP contribution in [0.5, 0.6) is 5.75 Å². The highest BCUT2D eigenvalue weighted by Crippen LogP contribution is 2.24. The molecule has 0 radical (unpaired) electrons. The summed E-state index contributed by atoms with van der Waals surface area (Å²) in [6.45, 7) is 3.60. The van der Waals surface area contributed by atoms with E-state index in [0.29, 0.717) is 37.4 Å². The molecule has 33 heavy (non-hydrogen) atoms. The van der Waals surface area contributed by atoms with E-state index in [9.17, 15) is 18.0 Å². The number of hydrogen-bond donors (Lipinski definition) is 2. The van der Waals surface area contributed by atoms with Crippen LogP contribution in [0.4, 0.5) is 0 Å².